The second-order valence-corrected chi connectivity index (χ2v) is 25.9. The molecule has 1 aliphatic carbocycles. The quantitative estimate of drug-likeness (QED) is 0.327. The van der Waals surface area contributed by atoms with Crippen molar-refractivity contribution in [3.05, 3.63) is 23.0 Å². The fourth-order valence-corrected chi connectivity index (χ4v) is 8.06. The lowest BCUT2D eigenvalue weighted by Crippen LogP contribution is -2.63. The van der Waals surface area contributed by atoms with E-state index in [-0.39, 0.29) is 34.2 Å². The van der Waals surface area contributed by atoms with Gasteiger partial charge in [-0.25, -0.2) is 4.79 Å². The van der Waals surface area contributed by atoms with Gasteiger partial charge in [-0.05, 0) is 69.9 Å². The predicted molar refractivity (Wildman–Crippen MR) is 175 cm³/mol. The van der Waals surface area contributed by atoms with Crippen molar-refractivity contribution in [3.63, 3.8) is 0 Å². The van der Waals surface area contributed by atoms with E-state index in [2.05, 4.69) is 90.9 Å². The molecule has 4 atom stereocenters. The summed E-state index contributed by atoms with van der Waals surface area (Å²) in [4.78, 5) is 20.1. The lowest BCUT2D eigenvalue weighted by molar-refractivity contribution is 0.0336. The Labute approximate surface area is 257 Å². The number of rotatable bonds is 6. The molecule has 0 spiro atoms. The van der Waals surface area contributed by atoms with Crippen LogP contribution in [-0.4, -0.2) is 58.5 Å². The van der Waals surface area contributed by atoms with Crippen LogP contribution in [0.3, 0.4) is 0 Å². The van der Waals surface area contributed by atoms with Gasteiger partial charge in [-0.15, -0.1) is 0 Å². The predicted octanol–water partition coefficient (Wildman–Crippen LogP) is 7.70. The lowest BCUT2D eigenvalue weighted by Gasteiger charge is -2.49. The summed E-state index contributed by atoms with van der Waals surface area (Å²) in [5.74, 6) is 0.101. The van der Waals surface area contributed by atoms with Crippen molar-refractivity contribution >= 4 is 28.4 Å². The first-order valence-corrected chi connectivity index (χ1v) is 21.3. The van der Waals surface area contributed by atoms with E-state index in [1.165, 1.54) is 0 Å². The molecule has 1 aromatic heterocycles. The number of nitrogens with one attached hydrogen (secondary N) is 1. The zero-order chi connectivity index (χ0) is 32.1. The van der Waals surface area contributed by atoms with Gasteiger partial charge in [0, 0.05) is 30.8 Å². The van der Waals surface area contributed by atoms with E-state index in [9.17, 15) is 10.1 Å². The van der Waals surface area contributed by atoms with Crippen LogP contribution in [0.5, 0.6) is 0 Å². The minimum Gasteiger partial charge on any atom is -0.444 e. The minimum atomic E-state index is -2.14. The number of nitriles is 1. The van der Waals surface area contributed by atoms with E-state index in [0.717, 1.165) is 29.8 Å². The second kappa shape index (κ2) is 11.9. The molecule has 0 bridgehead atoms. The topological polar surface area (TPSA) is 96.7 Å². The molecule has 42 heavy (non-hydrogen) atoms. The van der Waals surface area contributed by atoms with Crippen molar-refractivity contribution in [2.45, 2.75) is 142 Å². The third kappa shape index (κ3) is 7.58. The molecule has 2 unspecified atom stereocenters. The zero-order valence-electron chi connectivity index (χ0n) is 28.7. The molecule has 0 aromatic carbocycles. The van der Waals surface area contributed by atoms with E-state index >= 15 is 0 Å². The minimum absolute atomic E-state index is 0.0272. The van der Waals surface area contributed by atoms with Crippen molar-refractivity contribution in [3.8, 4) is 6.07 Å². The van der Waals surface area contributed by atoms with Gasteiger partial charge in [-0.2, -0.15) is 5.26 Å². The highest BCUT2D eigenvalue weighted by Crippen LogP contribution is 2.46. The number of nitrogens with zero attached hydrogens (tertiary/aromatic N) is 3. The van der Waals surface area contributed by atoms with Crippen LogP contribution in [0, 0.1) is 17.2 Å². The molecule has 10 heteroatoms. The van der Waals surface area contributed by atoms with E-state index < -0.39 is 28.3 Å². The summed E-state index contributed by atoms with van der Waals surface area (Å²) in [6, 6.07) is 2.10. The number of carbonyl (C=O) groups is 1. The Morgan fingerprint density at radius 3 is 2.10 bits per heavy atom. The molecular weight excluding hydrogens is 561 g/mol. The van der Waals surface area contributed by atoms with E-state index in [4.69, 9.17) is 18.6 Å². The Bertz CT molecular complexity index is 1190. The van der Waals surface area contributed by atoms with Crippen molar-refractivity contribution in [2.75, 3.05) is 18.0 Å². The number of ether oxygens (including phenoxy) is 1. The molecular formula is C32H56N4O4Si2. The summed E-state index contributed by atoms with van der Waals surface area (Å²) < 4.78 is 19.5. The number of piperidine rings is 1. The average molecular weight is 617 g/mol. The third-order valence-corrected chi connectivity index (χ3v) is 18.6. The molecule has 3 rings (SSSR count). The maximum atomic E-state index is 13.1. The molecule has 0 saturated carbocycles. The highest BCUT2D eigenvalue weighted by Gasteiger charge is 2.47. The largest absolute Gasteiger partial charge is 0.444 e. The molecule has 236 valence electrons. The van der Waals surface area contributed by atoms with Gasteiger partial charge in [0.2, 0.25) is 0 Å². The number of fused-ring (bicyclic) bond motifs is 1. The monoisotopic (exact) mass is 616 g/mol. The molecule has 0 radical (unpaired) electrons. The van der Waals surface area contributed by atoms with Gasteiger partial charge >= 0.3 is 6.09 Å². The first-order chi connectivity index (χ1) is 19.0. The summed E-state index contributed by atoms with van der Waals surface area (Å²) in [6.07, 6.45) is 2.68. The Hall–Kier alpha value is -1.94. The first-order valence-electron chi connectivity index (χ1n) is 15.5. The lowest BCUT2D eigenvalue weighted by atomic mass is 9.91. The smallest absolute Gasteiger partial charge is 0.408 e. The highest BCUT2D eigenvalue weighted by molar-refractivity contribution is 6.74. The van der Waals surface area contributed by atoms with Crippen LogP contribution in [0.15, 0.2) is 6.20 Å². The fourth-order valence-electron chi connectivity index (χ4n) is 5.33. The Kier molecular flexibility index (Phi) is 9.76. The van der Waals surface area contributed by atoms with Crippen molar-refractivity contribution < 1.29 is 18.4 Å². The number of alkyl carbamates (subject to hydrolysis) is 1. The molecule has 1 N–H and O–H groups in total. The van der Waals surface area contributed by atoms with Crippen molar-refractivity contribution in [1.29, 1.82) is 5.26 Å². The van der Waals surface area contributed by atoms with Gasteiger partial charge in [0.25, 0.3) is 0 Å². The fraction of sp³-hybridized carbons (Fsp3) is 0.781. The molecule has 2 aliphatic rings. The van der Waals surface area contributed by atoms with Crippen LogP contribution in [0.1, 0.15) is 98.6 Å². The Morgan fingerprint density at radius 1 is 1.00 bits per heavy atom. The highest BCUT2D eigenvalue weighted by atomic mass is 28.4. The van der Waals surface area contributed by atoms with E-state index in [0.29, 0.717) is 18.7 Å². The number of aromatic nitrogens is 1. The summed E-state index contributed by atoms with van der Waals surface area (Å²) in [6.45, 7) is 31.5. The van der Waals surface area contributed by atoms with E-state index in [1.54, 1.807) is 6.20 Å². The SMILES string of the molecule is C[C@H]1CN(c2c(C#N)cnc3c2CCC3O[Si](C)(C)C(C)(C)C)C[C@@H](NC(=O)OC(C)(C)C)C1O[Si](C)(C)C(C)(C)C. The number of amides is 1. The van der Waals surface area contributed by atoms with Gasteiger partial charge < -0.3 is 23.8 Å². The maximum absolute atomic E-state index is 13.1. The van der Waals surface area contributed by atoms with Crippen LogP contribution < -0.4 is 10.2 Å². The second-order valence-electron chi connectivity index (χ2n) is 16.4. The molecule has 1 amide bonds. The number of anilines is 1. The standard InChI is InChI=1S/C32H56N4O4Si2/c1-21-19-36(20-24(35-29(37)38-30(2,3)4)28(21)40-42(13,14)32(8,9)10)27-22(17-33)18-34-26-23(27)15-16-25(26)39-41(11,12)31(5,6)7/h18,21,24-25,28H,15-16,19-20H2,1-14H3,(H,35,37)/t21-,24+,25?,28?/m0/s1. The molecule has 1 aromatic rings. The number of pyridine rings is 1. The normalized spacial score (nSPS) is 23.8. The average Bonchev–Trinajstić information content (AvgIpc) is 3.19. The third-order valence-electron chi connectivity index (χ3n) is 9.65. The van der Waals surface area contributed by atoms with Gasteiger partial charge in [0.1, 0.15) is 11.7 Å². The number of hydrogen-bond acceptors (Lipinski definition) is 7. The molecule has 1 fully saturated rings. The van der Waals surface area contributed by atoms with E-state index in [1.807, 2.05) is 20.8 Å². The summed E-state index contributed by atoms with van der Waals surface area (Å²) in [5.41, 5.74) is 2.94. The zero-order valence-corrected chi connectivity index (χ0v) is 30.7. The van der Waals surface area contributed by atoms with Crippen molar-refractivity contribution in [2.24, 2.45) is 5.92 Å². The summed E-state index contributed by atoms with van der Waals surface area (Å²) in [7, 11) is -4.16. The maximum Gasteiger partial charge on any atom is 0.408 e. The van der Waals surface area contributed by atoms with Crippen LogP contribution >= 0.6 is 0 Å². The van der Waals surface area contributed by atoms with Crippen LogP contribution in [0.4, 0.5) is 10.5 Å². The molecule has 1 aliphatic heterocycles. The molecule has 2 heterocycles. The van der Waals surface area contributed by atoms with Gasteiger partial charge in [-0.3, -0.25) is 4.98 Å². The molecule has 1 saturated heterocycles. The summed E-state index contributed by atoms with van der Waals surface area (Å²) >= 11 is 0. The first kappa shape index (κ1) is 34.6. The van der Waals surface area contributed by atoms with Crippen LogP contribution in [0.2, 0.25) is 36.3 Å². The van der Waals surface area contributed by atoms with Gasteiger partial charge in [-0.1, -0.05) is 48.5 Å². The number of carbonyl (C=O) groups excluding carboxylic acids is 1. The Balaban J connectivity index is 2.01. The number of hydrogen-bond donors (Lipinski definition) is 1. The summed E-state index contributed by atoms with van der Waals surface area (Å²) in [5, 5.41) is 13.5. The van der Waals surface area contributed by atoms with Gasteiger partial charge in [0.15, 0.2) is 16.6 Å². The van der Waals surface area contributed by atoms with Gasteiger partial charge in [0.05, 0.1) is 35.2 Å². The van der Waals surface area contributed by atoms with Crippen molar-refractivity contribution in [1.82, 2.24) is 10.3 Å². The van der Waals surface area contributed by atoms with Crippen LogP contribution in [0.25, 0.3) is 0 Å². The Morgan fingerprint density at radius 2 is 1.57 bits per heavy atom. The molecule has 8 nitrogen and oxygen atoms in total. The van der Waals surface area contributed by atoms with Crippen LogP contribution in [-0.2, 0) is 20.0 Å².